The second-order valence-corrected chi connectivity index (χ2v) is 5.67. The Kier molecular flexibility index (Phi) is 4.82. The van der Waals surface area contributed by atoms with Crippen LogP contribution in [-0.4, -0.2) is 10.8 Å². The van der Waals surface area contributed by atoms with E-state index < -0.39 is 4.92 Å². The molecule has 0 unspecified atom stereocenters. The standard InChI is InChI=1S/C14H11ClN2O3S/c1-9(18)16-10-5-7-11(8-6-10)21-13-4-2-3-12(15)14(13)17(19)20/h2-8H,1H3,(H,16,18). The van der Waals surface area contributed by atoms with E-state index in [0.717, 1.165) is 4.90 Å². The van der Waals surface area contributed by atoms with Gasteiger partial charge in [0, 0.05) is 17.5 Å². The molecule has 0 radical (unpaired) electrons. The van der Waals surface area contributed by atoms with E-state index in [0.29, 0.717) is 10.6 Å². The van der Waals surface area contributed by atoms with E-state index in [1.165, 1.54) is 24.8 Å². The van der Waals surface area contributed by atoms with E-state index in [-0.39, 0.29) is 16.6 Å². The first-order valence-corrected chi connectivity index (χ1v) is 7.15. The summed E-state index contributed by atoms with van der Waals surface area (Å²) < 4.78 is 0. The fourth-order valence-corrected chi connectivity index (χ4v) is 2.95. The molecule has 0 atom stereocenters. The van der Waals surface area contributed by atoms with Crippen LogP contribution in [0.5, 0.6) is 0 Å². The van der Waals surface area contributed by atoms with E-state index in [2.05, 4.69) is 5.32 Å². The SMILES string of the molecule is CC(=O)Nc1ccc(Sc2cccc(Cl)c2[N+](=O)[O-])cc1. The van der Waals surface area contributed by atoms with E-state index in [1.54, 1.807) is 36.4 Å². The van der Waals surface area contributed by atoms with Gasteiger partial charge in [0.1, 0.15) is 5.02 Å². The zero-order chi connectivity index (χ0) is 15.4. The summed E-state index contributed by atoms with van der Waals surface area (Å²) in [4.78, 5) is 22.8. The summed E-state index contributed by atoms with van der Waals surface area (Å²) in [6.07, 6.45) is 0. The molecule has 1 N–H and O–H groups in total. The van der Waals surface area contributed by atoms with Crippen molar-refractivity contribution in [3.05, 3.63) is 57.6 Å². The molecule has 2 rings (SSSR count). The van der Waals surface area contributed by atoms with Crippen molar-refractivity contribution in [3.63, 3.8) is 0 Å². The quantitative estimate of drug-likeness (QED) is 0.670. The van der Waals surface area contributed by atoms with Crippen molar-refractivity contribution in [1.82, 2.24) is 0 Å². The fourth-order valence-electron chi connectivity index (χ4n) is 1.69. The number of nitrogens with zero attached hydrogens (tertiary/aromatic N) is 1. The molecule has 5 nitrogen and oxygen atoms in total. The van der Waals surface area contributed by atoms with Crippen molar-refractivity contribution < 1.29 is 9.72 Å². The summed E-state index contributed by atoms with van der Waals surface area (Å²) in [7, 11) is 0. The molecular formula is C14H11ClN2O3S. The van der Waals surface area contributed by atoms with Crippen LogP contribution in [0.3, 0.4) is 0 Å². The summed E-state index contributed by atoms with van der Waals surface area (Å²) in [6, 6.07) is 11.8. The minimum atomic E-state index is -0.490. The Balaban J connectivity index is 2.24. The van der Waals surface area contributed by atoms with Crippen molar-refractivity contribution in [2.75, 3.05) is 5.32 Å². The van der Waals surface area contributed by atoms with Crippen LogP contribution in [0.25, 0.3) is 0 Å². The van der Waals surface area contributed by atoms with Gasteiger partial charge in [-0.1, -0.05) is 29.4 Å². The predicted octanol–water partition coefficient (Wildman–Crippen LogP) is 4.36. The maximum atomic E-state index is 11.1. The van der Waals surface area contributed by atoms with Crippen LogP contribution in [-0.2, 0) is 4.79 Å². The third kappa shape index (κ3) is 3.96. The number of carbonyl (C=O) groups excluding carboxylic acids is 1. The van der Waals surface area contributed by atoms with Gasteiger partial charge in [-0.3, -0.25) is 14.9 Å². The molecule has 21 heavy (non-hydrogen) atoms. The molecule has 0 aliphatic carbocycles. The maximum absolute atomic E-state index is 11.1. The lowest BCUT2D eigenvalue weighted by atomic mass is 10.3. The normalized spacial score (nSPS) is 10.2. The summed E-state index contributed by atoms with van der Waals surface area (Å²) in [5.41, 5.74) is 0.572. The lowest BCUT2D eigenvalue weighted by Gasteiger charge is -2.06. The number of nitro groups is 1. The molecule has 0 fully saturated rings. The van der Waals surface area contributed by atoms with Crippen molar-refractivity contribution in [1.29, 1.82) is 0 Å². The summed E-state index contributed by atoms with van der Waals surface area (Å²) in [5, 5.41) is 13.8. The van der Waals surface area contributed by atoms with Crippen molar-refractivity contribution in [3.8, 4) is 0 Å². The second kappa shape index (κ2) is 6.60. The third-order valence-electron chi connectivity index (χ3n) is 2.53. The van der Waals surface area contributed by atoms with Crippen LogP contribution in [0.2, 0.25) is 5.02 Å². The zero-order valence-corrected chi connectivity index (χ0v) is 12.6. The number of nitrogens with one attached hydrogen (secondary N) is 1. The van der Waals surface area contributed by atoms with E-state index in [4.69, 9.17) is 11.6 Å². The number of anilines is 1. The second-order valence-electron chi connectivity index (χ2n) is 4.15. The van der Waals surface area contributed by atoms with Crippen LogP contribution in [0.15, 0.2) is 52.3 Å². The van der Waals surface area contributed by atoms with E-state index >= 15 is 0 Å². The largest absolute Gasteiger partial charge is 0.326 e. The minimum Gasteiger partial charge on any atom is -0.326 e. The third-order valence-corrected chi connectivity index (χ3v) is 3.90. The zero-order valence-electron chi connectivity index (χ0n) is 11.0. The fraction of sp³-hybridized carbons (Fsp3) is 0.0714. The summed E-state index contributed by atoms with van der Waals surface area (Å²) in [5.74, 6) is -0.152. The van der Waals surface area contributed by atoms with Crippen LogP contribution in [0.1, 0.15) is 6.92 Å². The molecule has 0 aliphatic rings. The highest BCUT2D eigenvalue weighted by atomic mass is 35.5. The molecule has 0 aromatic heterocycles. The molecule has 0 aliphatic heterocycles. The molecule has 0 bridgehead atoms. The number of halogens is 1. The van der Waals surface area contributed by atoms with Crippen LogP contribution in [0, 0.1) is 10.1 Å². The first-order valence-electron chi connectivity index (χ1n) is 5.96. The van der Waals surface area contributed by atoms with Crippen LogP contribution in [0.4, 0.5) is 11.4 Å². The Morgan fingerprint density at radius 1 is 1.24 bits per heavy atom. The summed E-state index contributed by atoms with van der Waals surface area (Å²) >= 11 is 7.12. The van der Waals surface area contributed by atoms with Gasteiger partial charge in [0.05, 0.1) is 9.82 Å². The highest BCUT2D eigenvalue weighted by Gasteiger charge is 2.19. The number of benzene rings is 2. The van der Waals surface area contributed by atoms with Crippen molar-refractivity contribution in [2.24, 2.45) is 0 Å². The Hall–Kier alpha value is -2.05. The Labute approximate surface area is 130 Å². The molecule has 2 aromatic rings. The highest BCUT2D eigenvalue weighted by molar-refractivity contribution is 7.99. The first-order chi connectivity index (χ1) is 9.97. The average Bonchev–Trinajstić information content (AvgIpc) is 2.40. The average molecular weight is 323 g/mol. The first kappa shape index (κ1) is 15.3. The van der Waals surface area contributed by atoms with Gasteiger partial charge in [-0.05, 0) is 36.4 Å². The lowest BCUT2D eigenvalue weighted by Crippen LogP contribution is -2.05. The molecule has 0 spiro atoms. The predicted molar refractivity (Wildman–Crippen MR) is 83.0 cm³/mol. The number of hydrogen-bond donors (Lipinski definition) is 1. The van der Waals surface area contributed by atoms with Gasteiger partial charge in [0.2, 0.25) is 5.91 Å². The molecule has 1 amide bonds. The van der Waals surface area contributed by atoms with Gasteiger partial charge in [-0.25, -0.2) is 0 Å². The van der Waals surface area contributed by atoms with Gasteiger partial charge < -0.3 is 5.32 Å². The lowest BCUT2D eigenvalue weighted by molar-refractivity contribution is -0.387. The number of nitro benzene ring substituents is 1. The summed E-state index contributed by atoms with van der Waals surface area (Å²) in [6.45, 7) is 1.43. The van der Waals surface area contributed by atoms with Crippen LogP contribution >= 0.6 is 23.4 Å². The van der Waals surface area contributed by atoms with E-state index in [9.17, 15) is 14.9 Å². The number of amides is 1. The van der Waals surface area contributed by atoms with Gasteiger partial charge in [0.15, 0.2) is 0 Å². The topological polar surface area (TPSA) is 72.2 Å². The van der Waals surface area contributed by atoms with Crippen molar-refractivity contribution >= 4 is 40.6 Å². The highest BCUT2D eigenvalue weighted by Crippen LogP contribution is 2.39. The van der Waals surface area contributed by atoms with Gasteiger partial charge >= 0.3 is 5.69 Å². The number of rotatable bonds is 4. The molecule has 2 aromatic carbocycles. The minimum absolute atomic E-state index is 0.102. The Bertz CT molecular complexity index is 689. The van der Waals surface area contributed by atoms with Gasteiger partial charge in [0.25, 0.3) is 0 Å². The van der Waals surface area contributed by atoms with Crippen molar-refractivity contribution in [2.45, 2.75) is 16.7 Å². The maximum Gasteiger partial charge on any atom is 0.301 e. The number of hydrogen-bond acceptors (Lipinski definition) is 4. The Morgan fingerprint density at radius 3 is 2.48 bits per heavy atom. The molecule has 108 valence electrons. The monoisotopic (exact) mass is 322 g/mol. The molecule has 0 saturated heterocycles. The van der Waals surface area contributed by atoms with Crippen LogP contribution < -0.4 is 5.32 Å². The smallest absolute Gasteiger partial charge is 0.301 e. The van der Waals surface area contributed by atoms with Gasteiger partial charge in [-0.15, -0.1) is 0 Å². The van der Waals surface area contributed by atoms with E-state index in [1.807, 2.05) is 0 Å². The molecule has 7 heteroatoms. The Morgan fingerprint density at radius 2 is 1.90 bits per heavy atom. The molecule has 0 saturated carbocycles. The van der Waals surface area contributed by atoms with Gasteiger partial charge in [-0.2, -0.15) is 0 Å². The molecule has 0 heterocycles. The number of carbonyl (C=O) groups is 1. The number of para-hydroxylation sites is 1. The molecular weight excluding hydrogens is 312 g/mol.